The van der Waals surface area contributed by atoms with Gasteiger partial charge in [-0.3, -0.25) is 4.90 Å². The first-order valence-corrected chi connectivity index (χ1v) is 8.07. The fourth-order valence-corrected chi connectivity index (χ4v) is 3.29. The largest absolute Gasteiger partial charge is 0.389 e. The summed E-state index contributed by atoms with van der Waals surface area (Å²) in [5, 5.41) is 13.5. The first kappa shape index (κ1) is 15.0. The minimum atomic E-state index is -0.385. The van der Waals surface area contributed by atoms with Crippen molar-refractivity contribution in [1.82, 2.24) is 10.2 Å². The van der Waals surface area contributed by atoms with Crippen LogP contribution in [0.25, 0.3) is 0 Å². The van der Waals surface area contributed by atoms with Gasteiger partial charge in [0.15, 0.2) is 0 Å². The summed E-state index contributed by atoms with van der Waals surface area (Å²) in [7, 11) is 0. The summed E-state index contributed by atoms with van der Waals surface area (Å²) in [6.45, 7) is 6.06. The molecule has 2 heterocycles. The lowest BCUT2D eigenvalue weighted by atomic mass is 10.00. The van der Waals surface area contributed by atoms with Gasteiger partial charge in [-0.2, -0.15) is 0 Å². The van der Waals surface area contributed by atoms with Gasteiger partial charge in [-0.1, -0.05) is 24.3 Å². The Balaban J connectivity index is 1.38. The topological polar surface area (TPSA) is 44.7 Å². The summed E-state index contributed by atoms with van der Waals surface area (Å²) in [4.78, 5) is 2.33. The predicted molar refractivity (Wildman–Crippen MR) is 83.2 cm³/mol. The number of benzene rings is 1. The second-order valence-corrected chi connectivity index (χ2v) is 6.30. The number of hydrogen-bond donors (Lipinski definition) is 2. The van der Waals surface area contributed by atoms with E-state index in [0.29, 0.717) is 19.1 Å². The molecule has 2 aliphatic rings. The minimum Gasteiger partial charge on any atom is -0.389 e. The van der Waals surface area contributed by atoms with Gasteiger partial charge in [0.25, 0.3) is 0 Å². The van der Waals surface area contributed by atoms with Gasteiger partial charge < -0.3 is 15.2 Å². The van der Waals surface area contributed by atoms with Gasteiger partial charge >= 0.3 is 0 Å². The summed E-state index contributed by atoms with van der Waals surface area (Å²) in [6, 6.07) is 8.60. The van der Waals surface area contributed by atoms with E-state index in [2.05, 4.69) is 34.5 Å². The minimum absolute atomic E-state index is 0.385. The molecule has 0 spiro atoms. The normalized spacial score (nSPS) is 24.0. The van der Waals surface area contributed by atoms with Crippen molar-refractivity contribution < 1.29 is 9.84 Å². The number of aliphatic hydroxyl groups is 1. The number of hydrogen-bond acceptors (Lipinski definition) is 4. The van der Waals surface area contributed by atoms with Crippen molar-refractivity contribution in [2.24, 2.45) is 5.92 Å². The van der Waals surface area contributed by atoms with E-state index in [1.54, 1.807) is 0 Å². The van der Waals surface area contributed by atoms with Crippen LogP contribution in [0.5, 0.6) is 0 Å². The van der Waals surface area contributed by atoms with Crippen molar-refractivity contribution in [2.45, 2.75) is 25.5 Å². The number of β-amino-alcohol motifs (C(OH)–C–C–N with tert-alkyl or cyclic N) is 1. The molecule has 1 fully saturated rings. The van der Waals surface area contributed by atoms with Gasteiger partial charge in [-0.15, -0.1) is 0 Å². The van der Waals surface area contributed by atoms with Gasteiger partial charge in [0.2, 0.25) is 0 Å². The Kier molecular flexibility index (Phi) is 5.25. The number of rotatable bonds is 6. The fourth-order valence-electron chi connectivity index (χ4n) is 3.29. The fraction of sp³-hybridized carbons (Fsp3) is 0.647. The Morgan fingerprint density at radius 2 is 2.19 bits per heavy atom. The zero-order valence-corrected chi connectivity index (χ0v) is 12.6. The SMILES string of the molecule is OC(COCC1CCNC1)CN1CCc2ccccc2C1. The van der Waals surface area contributed by atoms with Crippen LogP contribution in [0.2, 0.25) is 0 Å². The van der Waals surface area contributed by atoms with E-state index < -0.39 is 0 Å². The van der Waals surface area contributed by atoms with Crippen molar-refractivity contribution in [3.8, 4) is 0 Å². The smallest absolute Gasteiger partial charge is 0.0900 e. The summed E-state index contributed by atoms with van der Waals surface area (Å²) in [5.41, 5.74) is 2.85. The van der Waals surface area contributed by atoms with Crippen LogP contribution in [-0.4, -0.2) is 55.5 Å². The molecule has 3 rings (SSSR count). The van der Waals surface area contributed by atoms with Crippen molar-refractivity contribution in [2.75, 3.05) is 39.4 Å². The van der Waals surface area contributed by atoms with Crippen LogP contribution >= 0.6 is 0 Å². The lowest BCUT2D eigenvalue weighted by Crippen LogP contribution is -2.38. The van der Waals surface area contributed by atoms with Crippen LogP contribution in [0.3, 0.4) is 0 Å². The molecule has 1 saturated heterocycles. The molecule has 0 bridgehead atoms. The number of ether oxygens (including phenoxy) is 1. The van der Waals surface area contributed by atoms with E-state index >= 15 is 0 Å². The first-order valence-electron chi connectivity index (χ1n) is 8.07. The van der Waals surface area contributed by atoms with E-state index in [9.17, 15) is 5.11 Å². The quantitative estimate of drug-likeness (QED) is 0.821. The molecule has 2 unspecified atom stereocenters. The molecule has 21 heavy (non-hydrogen) atoms. The van der Waals surface area contributed by atoms with Crippen LogP contribution < -0.4 is 5.32 Å². The average Bonchev–Trinajstić information content (AvgIpc) is 3.00. The number of aliphatic hydroxyl groups excluding tert-OH is 1. The molecule has 1 aromatic carbocycles. The second kappa shape index (κ2) is 7.36. The molecule has 2 atom stereocenters. The molecule has 0 aliphatic carbocycles. The molecule has 2 N–H and O–H groups in total. The Morgan fingerprint density at radius 3 is 3.00 bits per heavy atom. The van der Waals surface area contributed by atoms with Gasteiger partial charge in [-0.25, -0.2) is 0 Å². The molecule has 0 amide bonds. The molecule has 2 aliphatic heterocycles. The van der Waals surface area contributed by atoms with E-state index in [1.807, 2.05) is 0 Å². The monoisotopic (exact) mass is 290 g/mol. The Labute approximate surface area is 127 Å². The molecule has 4 heteroatoms. The molecular formula is C17H26N2O2. The van der Waals surface area contributed by atoms with Crippen LogP contribution in [0.4, 0.5) is 0 Å². The van der Waals surface area contributed by atoms with E-state index in [-0.39, 0.29) is 6.10 Å². The van der Waals surface area contributed by atoms with E-state index in [0.717, 1.165) is 39.2 Å². The van der Waals surface area contributed by atoms with Crippen LogP contribution in [-0.2, 0) is 17.7 Å². The van der Waals surface area contributed by atoms with Crippen molar-refractivity contribution >= 4 is 0 Å². The third kappa shape index (κ3) is 4.27. The summed E-state index contributed by atoms with van der Waals surface area (Å²) >= 11 is 0. The van der Waals surface area contributed by atoms with Crippen molar-refractivity contribution in [3.05, 3.63) is 35.4 Å². The van der Waals surface area contributed by atoms with Gasteiger partial charge in [-0.05, 0) is 36.4 Å². The standard InChI is InChI=1S/C17H26N2O2/c20-17(13-21-12-14-5-7-18-9-14)11-19-8-6-15-3-1-2-4-16(15)10-19/h1-4,14,17-18,20H,5-13H2. The van der Waals surface area contributed by atoms with Crippen LogP contribution in [0.15, 0.2) is 24.3 Å². The Bertz CT molecular complexity index is 446. The zero-order chi connectivity index (χ0) is 14.5. The maximum absolute atomic E-state index is 10.1. The lowest BCUT2D eigenvalue weighted by molar-refractivity contribution is 0.00458. The summed E-state index contributed by atoms with van der Waals surface area (Å²) in [6.07, 6.45) is 1.89. The highest BCUT2D eigenvalue weighted by molar-refractivity contribution is 5.29. The highest BCUT2D eigenvalue weighted by Gasteiger charge is 2.19. The summed E-state index contributed by atoms with van der Waals surface area (Å²) in [5.74, 6) is 0.624. The van der Waals surface area contributed by atoms with Crippen molar-refractivity contribution in [1.29, 1.82) is 0 Å². The summed E-state index contributed by atoms with van der Waals surface area (Å²) < 4.78 is 5.67. The van der Waals surface area contributed by atoms with E-state index in [4.69, 9.17) is 4.74 Å². The molecule has 0 radical (unpaired) electrons. The molecule has 4 nitrogen and oxygen atoms in total. The maximum atomic E-state index is 10.1. The third-order valence-electron chi connectivity index (χ3n) is 4.50. The van der Waals surface area contributed by atoms with Gasteiger partial charge in [0.05, 0.1) is 19.3 Å². The lowest BCUT2D eigenvalue weighted by Gasteiger charge is -2.30. The van der Waals surface area contributed by atoms with Gasteiger partial charge in [0.1, 0.15) is 0 Å². The molecule has 116 valence electrons. The number of nitrogens with one attached hydrogen (secondary N) is 1. The Hall–Kier alpha value is -0.940. The Morgan fingerprint density at radius 1 is 1.33 bits per heavy atom. The van der Waals surface area contributed by atoms with E-state index in [1.165, 1.54) is 17.5 Å². The highest BCUT2D eigenvalue weighted by atomic mass is 16.5. The van der Waals surface area contributed by atoms with Crippen LogP contribution in [0.1, 0.15) is 17.5 Å². The highest BCUT2D eigenvalue weighted by Crippen LogP contribution is 2.18. The zero-order valence-electron chi connectivity index (χ0n) is 12.6. The molecule has 0 aromatic heterocycles. The number of fused-ring (bicyclic) bond motifs is 1. The van der Waals surface area contributed by atoms with Crippen LogP contribution in [0, 0.1) is 5.92 Å². The van der Waals surface area contributed by atoms with Crippen molar-refractivity contribution in [3.63, 3.8) is 0 Å². The maximum Gasteiger partial charge on any atom is 0.0900 e. The molecule has 1 aromatic rings. The molecular weight excluding hydrogens is 264 g/mol. The third-order valence-corrected chi connectivity index (χ3v) is 4.50. The second-order valence-electron chi connectivity index (χ2n) is 6.30. The predicted octanol–water partition coefficient (Wildman–Crippen LogP) is 1.03. The molecule has 0 saturated carbocycles. The number of nitrogens with zero attached hydrogens (tertiary/aromatic N) is 1. The van der Waals surface area contributed by atoms with Gasteiger partial charge in [0, 0.05) is 26.2 Å². The first-order chi connectivity index (χ1) is 10.3. The average molecular weight is 290 g/mol.